The quantitative estimate of drug-likeness (QED) is 0.213. The van der Waals surface area contributed by atoms with E-state index in [0.717, 1.165) is 18.2 Å². The Bertz CT molecular complexity index is 1380. The molecule has 3 aromatic rings. The van der Waals surface area contributed by atoms with Crippen LogP contribution in [0.5, 0.6) is 5.75 Å². The molecule has 0 bridgehead atoms. The Balaban J connectivity index is 1.99. The number of carbonyl (C=O) groups excluding carboxylic acids is 1. The van der Waals surface area contributed by atoms with Crippen molar-refractivity contribution in [3.05, 3.63) is 86.7 Å². The Morgan fingerprint density at radius 1 is 1.20 bits per heavy atom. The molecule has 1 amide bonds. The van der Waals surface area contributed by atoms with Gasteiger partial charge in [-0.3, -0.25) is 14.9 Å². The summed E-state index contributed by atoms with van der Waals surface area (Å²) in [7, 11) is 1.42. The molecule has 0 radical (unpaired) electrons. The summed E-state index contributed by atoms with van der Waals surface area (Å²) in [4.78, 5) is 23.3. The molecular formula is C24H19F3N4O4. The molecule has 1 aromatic heterocycles. The van der Waals surface area contributed by atoms with Crippen molar-refractivity contribution in [1.29, 1.82) is 5.26 Å². The fourth-order valence-electron chi connectivity index (χ4n) is 3.55. The first kappa shape index (κ1) is 25.0. The number of rotatable bonds is 6. The number of methoxy groups -OCH3 is 1. The average molecular weight is 484 g/mol. The number of aryl methyl sites for hydroxylation is 1. The highest BCUT2D eigenvalue weighted by molar-refractivity contribution is 6.09. The third-order valence-corrected chi connectivity index (χ3v) is 5.20. The van der Waals surface area contributed by atoms with E-state index >= 15 is 0 Å². The number of nitriles is 1. The van der Waals surface area contributed by atoms with Gasteiger partial charge in [-0.05, 0) is 55.8 Å². The van der Waals surface area contributed by atoms with Crippen molar-refractivity contribution in [2.45, 2.75) is 20.0 Å². The van der Waals surface area contributed by atoms with Crippen LogP contribution in [0.4, 0.5) is 24.5 Å². The minimum Gasteiger partial charge on any atom is -0.495 e. The fraction of sp³-hybridized carbons (Fsp3) is 0.167. The first-order chi connectivity index (χ1) is 16.5. The van der Waals surface area contributed by atoms with E-state index in [-0.39, 0.29) is 16.9 Å². The largest absolute Gasteiger partial charge is 0.495 e. The number of nitrogens with one attached hydrogen (secondary N) is 1. The van der Waals surface area contributed by atoms with E-state index in [1.54, 1.807) is 30.6 Å². The molecule has 0 aliphatic carbocycles. The van der Waals surface area contributed by atoms with Crippen molar-refractivity contribution in [3.63, 3.8) is 0 Å². The number of carbonyl (C=O) groups is 1. The standard InChI is InChI=1S/C24H19F3N4O4/c1-14-9-16(15(2)30(14)21-12-20(31(33)34)7-8-22(21)35-3)10-17(13-28)23(32)29-19-6-4-5-18(11-19)24(25,26)27/h4-12H,1-3H3,(H,29,32)/b17-10-. The van der Waals surface area contributed by atoms with Crippen LogP contribution in [0.2, 0.25) is 0 Å². The maximum absolute atomic E-state index is 12.9. The molecule has 0 aliphatic heterocycles. The van der Waals surface area contributed by atoms with Gasteiger partial charge in [0.1, 0.15) is 17.4 Å². The molecule has 0 aliphatic rings. The van der Waals surface area contributed by atoms with Crippen LogP contribution in [0.25, 0.3) is 11.8 Å². The normalized spacial score (nSPS) is 11.6. The van der Waals surface area contributed by atoms with Gasteiger partial charge >= 0.3 is 6.18 Å². The molecule has 0 saturated carbocycles. The third-order valence-electron chi connectivity index (χ3n) is 5.20. The van der Waals surface area contributed by atoms with E-state index in [9.17, 15) is 33.3 Å². The van der Waals surface area contributed by atoms with Gasteiger partial charge in [-0.25, -0.2) is 0 Å². The van der Waals surface area contributed by atoms with E-state index in [0.29, 0.717) is 28.4 Å². The number of anilines is 1. The van der Waals surface area contributed by atoms with Gasteiger partial charge in [0.05, 0.1) is 23.3 Å². The zero-order valence-corrected chi connectivity index (χ0v) is 18.8. The van der Waals surface area contributed by atoms with Gasteiger partial charge in [0.2, 0.25) is 0 Å². The van der Waals surface area contributed by atoms with E-state index in [2.05, 4.69) is 5.32 Å². The van der Waals surface area contributed by atoms with E-state index in [1.165, 1.54) is 37.5 Å². The second-order valence-corrected chi connectivity index (χ2v) is 7.48. The smallest absolute Gasteiger partial charge is 0.416 e. The second kappa shape index (κ2) is 9.72. The van der Waals surface area contributed by atoms with Gasteiger partial charge in [0.15, 0.2) is 0 Å². The lowest BCUT2D eigenvalue weighted by Crippen LogP contribution is -2.14. The van der Waals surface area contributed by atoms with Crippen LogP contribution < -0.4 is 10.1 Å². The molecule has 180 valence electrons. The van der Waals surface area contributed by atoms with Gasteiger partial charge in [-0.15, -0.1) is 0 Å². The lowest BCUT2D eigenvalue weighted by molar-refractivity contribution is -0.384. The zero-order valence-electron chi connectivity index (χ0n) is 18.8. The molecule has 0 spiro atoms. The van der Waals surface area contributed by atoms with Crippen LogP contribution >= 0.6 is 0 Å². The molecule has 1 N–H and O–H groups in total. The summed E-state index contributed by atoms with van der Waals surface area (Å²) in [5, 5.41) is 23.1. The Labute approximate surface area is 198 Å². The molecule has 2 aromatic carbocycles. The molecule has 0 saturated heterocycles. The summed E-state index contributed by atoms with van der Waals surface area (Å²) in [6, 6.07) is 11.6. The number of ether oxygens (including phenoxy) is 1. The number of benzene rings is 2. The zero-order chi connectivity index (χ0) is 25.9. The number of non-ortho nitro benzene ring substituents is 1. The first-order valence-electron chi connectivity index (χ1n) is 10.1. The van der Waals surface area contributed by atoms with Crippen LogP contribution in [0.15, 0.2) is 54.1 Å². The van der Waals surface area contributed by atoms with Crippen LogP contribution in [0, 0.1) is 35.3 Å². The summed E-state index contributed by atoms with van der Waals surface area (Å²) < 4.78 is 45.8. The lowest BCUT2D eigenvalue weighted by atomic mass is 10.1. The van der Waals surface area contributed by atoms with Gasteiger partial charge < -0.3 is 14.6 Å². The highest BCUT2D eigenvalue weighted by Crippen LogP contribution is 2.33. The number of hydrogen-bond donors (Lipinski definition) is 1. The Hall–Kier alpha value is -4.59. The summed E-state index contributed by atoms with van der Waals surface area (Å²) in [6.07, 6.45) is -3.29. The van der Waals surface area contributed by atoms with Crippen molar-refractivity contribution < 1.29 is 27.6 Å². The van der Waals surface area contributed by atoms with Crippen LogP contribution in [-0.2, 0) is 11.0 Å². The number of halogens is 3. The van der Waals surface area contributed by atoms with Crippen LogP contribution in [-0.4, -0.2) is 22.5 Å². The average Bonchev–Trinajstić information content (AvgIpc) is 3.08. The third kappa shape index (κ3) is 5.33. The Morgan fingerprint density at radius 3 is 2.51 bits per heavy atom. The number of nitro groups is 1. The molecule has 3 rings (SSSR count). The monoisotopic (exact) mass is 484 g/mol. The van der Waals surface area contributed by atoms with Gasteiger partial charge in [-0.1, -0.05) is 6.07 Å². The van der Waals surface area contributed by atoms with E-state index in [1.807, 2.05) is 0 Å². The highest BCUT2D eigenvalue weighted by atomic mass is 19.4. The minimum atomic E-state index is -4.58. The summed E-state index contributed by atoms with van der Waals surface area (Å²) in [6.45, 7) is 3.42. The maximum Gasteiger partial charge on any atom is 0.416 e. The van der Waals surface area contributed by atoms with Crippen molar-refractivity contribution in [2.75, 3.05) is 12.4 Å². The predicted octanol–water partition coefficient (Wildman–Crippen LogP) is 5.58. The highest BCUT2D eigenvalue weighted by Gasteiger charge is 2.30. The van der Waals surface area contributed by atoms with Gasteiger partial charge in [-0.2, -0.15) is 18.4 Å². The topological polar surface area (TPSA) is 110 Å². The first-order valence-corrected chi connectivity index (χ1v) is 10.1. The number of nitrogens with zero attached hydrogens (tertiary/aromatic N) is 3. The molecule has 1 heterocycles. The summed E-state index contributed by atoms with van der Waals surface area (Å²) in [5.41, 5.74) is 0.515. The van der Waals surface area contributed by atoms with Crippen LogP contribution in [0.1, 0.15) is 22.5 Å². The molecular weight excluding hydrogens is 465 g/mol. The van der Waals surface area contributed by atoms with Crippen molar-refractivity contribution >= 4 is 23.4 Å². The predicted molar refractivity (Wildman–Crippen MR) is 122 cm³/mol. The molecule has 0 atom stereocenters. The number of alkyl halides is 3. The lowest BCUT2D eigenvalue weighted by Gasteiger charge is -2.14. The number of aromatic nitrogens is 1. The number of amides is 1. The van der Waals surface area contributed by atoms with E-state index in [4.69, 9.17) is 4.74 Å². The molecule has 11 heteroatoms. The van der Waals surface area contributed by atoms with Gasteiger partial charge in [0, 0.05) is 29.2 Å². The number of hydrogen-bond acceptors (Lipinski definition) is 5. The van der Waals surface area contributed by atoms with E-state index < -0.39 is 22.6 Å². The molecule has 0 fully saturated rings. The number of nitro benzene ring substituents is 1. The fourth-order valence-corrected chi connectivity index (χ4v) is 3.55. The van der Waals surface area contributed by atoms with Crippen molar-refractivity contribution in [3.8, 4) is 17.5 Å². The SMILES string of the molecule is COc1ccc([N+](=O)[O-])cc1-n1c(C)cc(/C=C(/C#N)C(=O)Nc2cccc(C(F)(F)F)c2)c1C. The Kier molecular flexibility index (Phi) is 6.96. The minimum absolute atomic E-state index is 0.113. The summed E-state index contributed by atoms with van der Waals surface area (Å²) >= 11 is 0. The second-order valence-electron chi connectivity index (χ2n) is 7.48. The Morgan fingerprint density at radius 2 is 1.91 bits per heavy atom. The molecule has 0 unspecified atom stereocenters. The molecule has 35 heavy (non-hydrogen) atoms. The maximum atomic E-state index is 12.9. The van der Waals surface area contributed by atoms with Crippen molar-refractivity contribution in [1.82, 2.24) is 4.57 Å². The van der Waals surface area contributed by atoms with Crippen LogP contribution in [0.3, 0.4) is 0 Å². The summed E-state index contributed by atoms with van der Waals surface area (Å²) in [5.74, 6) is -0.514. The van der Waals surface area contributed by atoms with Gasteiger partial charge in [0.25, 0.3) is 11.6 Å². The van der Waals surface area contributed by atoms with Crippen molar-refractivity contribution in [2.24, 2.45) is 0 Å². The molecule has 8 nitrogen and oxygen atoms in total.